The summed E-state index contributed by atoms with van der Waals surface area (Å²) >= 11 is 3.34. The zero-order valence-corrected chi connectivity index (χ0v) is 12.7. The molecular weight excluding hydrogens is 339 g/mol. The van der Waals surface area contributed by atoms with Crippen molar-refractivity contribution in [2.24, 2.45) is 0 Å². The summed E-state index contributed by atoms with van der Waals surface area (Å²) in [4.78, 5) is 12.5. The third-order valence-electron chi connectivity index (χ3n) is 3.20. The molecule has 21 heavy (non-hydrogen) atoms. The van der Waals surface area contributed by atoms with Crippen LogP contribution in [-0.2, 0) is 0 Å². The number of hydrogen-bond acceptors (Lipinski definition) is 3. The highest BCUT2D eigenvalue weighted by Gasteiger charge is 2.20. The van der Waals surface area contributed by atoms with Gasteiger partial charge in [0.15, 0.2) is 17.3 Å². The Morgan fingerprint density at radius 2 is 1.71 bits per heavy atom. The maximum Gasteiger partial charge on any atom is 0.197 e. The van der Waals surface area contributed by atoms with Crippen molar-refractivity contribution in [3.8, 4) is 11.5 Å². The molecule has 3 nitrogen and oxygen atoms in total. The number of benzene rings is 2. The molecule has 1 aliphatic rings. The van der Waals surface area contributed by atoms with Gasteiger partial charge < -0.3 is 9.47 Å². The largest absolute Gasteiger partial charge is 0.490 e. The zero-order chi connectivity index (χ0) is 14.8. The Labute approximate surface area is 129 Å². The van der Waals surface area contributed by atoms with Gasteiger partial charge in [-0.2, -0.15) is 0 Å². The fourth-order valence-electron chi connectivity index (χ4n) is 2.15. The molecule has 2 aromatic rings. The second-order valence-corrected chi connectivity index (χ2v) is 5.49. The third-order valence-corrected chi connectivity index (χ3v) is 3.86. The van der Waals surface area contributed by atoms with Gasteiger partial charge >= 0.3 is 0 Å². The average Bonchev–Trinajstić information content (AvgIpc) is 2.71. The van der Waals surface area contributed by atoms with Gasteiger partial charge in [0.25, 0.3) is 0 Å². The van der Waals surface area contributed by atoms with E-state index < -0.39 is 11.6 Å². The summed E-state index contributed by atoms with van der Waals surface area (Å²) in [7, 11) is 0. The molecule has 3 rings (SSSR count). The maximum atomic E-state index is 13.8. The van der Waals surface area contributed by atoms with Crippen LogP contribution in [0.1, 0.15) is 22.3 Å². The molecule has 108 valence electrons. The molecule has 0 spiro atoms. The average molecular weight is 351 g/mol. The van der Waals surface area contributed by atoms with Crippen LogP contribution < -0.4 is 9.47 Å². The Balaban J connectivity index is 2.05. The number of carbonyl (C=O) groups is 1. The van der Waals surface area contributed by atoms with Crippen molar-refractivity contribution in [3.63, 3.8) is 0 Å². The van der Waals surface area contributed by atoms with Crippen molar-refractivity contribution in [1.29, 1.82) is 0 Å². The summed E-state index contributed by atoms with van der Waals surface area (Å²) in [5.41, 5.74) is 0.386. The molecule has 2 aromatic carbocycles. The molecule has 0 bridgehead atoms. The van der Waals surface area contributed by atoms with Gasteiger partial charge in [0, 0.05) is 16.5 Å². The summed E-state index contributed by atoms with van der Waals surface area (Å²) in [6.45, 7) is 1.10. The summed E-state index contributed by atoms with van der Waals surface area (Å²) < 4.78 is 25.4. The standard InChI is InChI=1S/C16H12BrFO3/c17-12-9-15-14(20-6-3-7-21-15)8-11(12)16(19)10-4-1-2-5-13(10)18/h1-2,4-5,8-9H,3,6-7H2. The maximum absolute atomic E-state index is 13.8. The van der Waals surface area contributed by atoms with E-state index in [2.05, 4.69) is 15.9 Å². The monoisotopic (exact) mass is 350 g/mol. The normalized spacial score (nSPS) is 13.6. The summed E-state index contributed by atoms with van der Waals surface area (Å²) in [5.74, 6) is 0.164. The minimum Gasteiger partial charge on any atom is -0.490 e. The highest BCUT2D eigenvalue weighted by atomic mass is 79.9. The van der Waals surface area contributed by atoms with Crippen molar-refractivity contribution in [2.45, 2.75) is 6.42 Å². The number of ether oxygens (including phenoxy) is 2. The summed E-state index contributed by atoms with van der Waals surface area (Å²) in [6.07, 6.45) is 0.781. The molecular formula is C16H12BrFO3. The molecule has 0 saturated heterocycles. The van der Waals surface area contributed by atoms with Gasteiger partial charge in [-0.15, -0.1) is 0 Å². The van der Waals surface area contributed by atoms with E-state index in [4.69, 9.17) is 9.47 Å². The van der Waals surface area contributed by atoms with E-state index in [1.165, 1.54) is 12.1 Å². The van der Waals surface area contributed by atoms with Crippen LogP contribution in [0.25, 0.3) is 0 Å². The van der Waals surface area contributed by atoms with Crippen molar-refractivity contribution >= 4 is 21.7 Å². The SMILES string of the molecule is O=C(c1ccccc1F)c1cc2c(cc1Br)OCCCO2. The topological polar surface area (TPSA) is 35.5 Å². The van der Waals surface area contributed by atoms with Gasteiger partial charge in [0.1, 0.15) is 5.82 Å². The Hall–Kier alpha value is -1.88. The van der Waals surface area contributed by atoms with Crippen molar-refractivity contribution in [2.75, 3.05) is 13.2 Å². The van der Waals surface area contributed by atoms with Crippen LogP contribution in [0.3, 0.4) is 0 Å². The quantitative estimate of drug-likeness (QED) is 0.768. The lowest BCUT2D eigenvalue weighted by molar-refractivity contribution is 0.103. The molecule has 5 heteroatoms. The van der Waals surface area contributed by atoms with E-state index in [0.29, 0.717) is 34.7 Å². The lowest BCUT2D eigenvalue weighted by Gasteiger charge is -2.11. The van der Waals surface area contributed by atoms with Crippen molar-refractivity contribution < 1.29 is 18.7 Å². The number of fused-ring (bicyclic) bond motifs is 1. The van der Waals surface area contributed by atoms with Crippen LogP contribution in [0.4, 0.5) is 4.39 Å². The van der Waals surface area contributed by atoms with E-state index in [1.807, 2.05) is 0 Å². The van der Waals surface area contributed by atoms with E-state index in [1.54, 1.807) is 24.3 Å². The highest BCUT2D eigenvalue weighted by Crippen LogP contribution is 2.36. The van der Waals surface area contributed by atoms with Crippen LogP contribution in [0.15, 0.2) is 40.9 Å². The van der Waals surface area contributed by atoms with Gasteiger partial charge in [-0.3, -0.25) is 4.79 Å². The molecule has 1 aliphatic heterocycles. The first-order chi connectivity index (χ1) is 10.2. The number of hydrogen-bond donors (Lipinski definition) is 0. The fourth-order valence-corrected chi connectivity index (χ4v) is 2.65. The molecule has 1 heterocycles. The second-order valence-electron chi connectivity index (χ2n) is 4.64. The van der Waals surface area contributed by atoms with Crippen molar-refractivity contribution in [3.05, 3.63) is 57.8 Å². The number of halogens is 2. The van der Waals surface area contributed by atoms with Gasteiger partial charge in [-0.05, 0) is 40.2 Å². The minimum absolute atomic E-state index is 0.0349. The lowest BCUT2D eigenvalue weighted by atomic mass is 10.0. The molecule has 0 atom stereocenters. The highest BCUT2D eigenvalue weighted by molar-refractivity contribution is 9.10. The molecule has 0 unspecified atom stereocenters. The van der Waals surface area contributed by atoms with Gasteiger partial charge in [0.05, 0.1) is 18.8 Å². The minimum atomic E-state index is -0.540. The Morgan fingerprint density at radius 1 is 1.05 bits per heavy atom. The number of ketones is 1. The first kappa shape index (κ1) is 14.1. The van der Waals surface area contributed by atoms with E-state index >= 15 is 0 Å². The third kappa shape index (κ3) is 2.78. The van der Waals surface area contributed by atoms with Crippen molar-refractivity contribution in [1.82, 2.24) is 0 Å². The van der Waals surface area contributed by atoms with Crippen LogP contribution in [0.5, 0.6) is 11.5 Å². The zero-order valence-electron chi connectivity index (χ0n) is 11.1. The fraction of sp³-hybridized carbons (Fsp3) is 0.188. The Bertz CT molecular complexity index is 700. The second kappa shape index (κ2) is 5.85. The van der Waals surface area contributed by atoms with E-state index in [-0.39, 0.29) is 5.56 Å². The predicted octanol–water partition coefficient (Wildman–Crippen LogP) is 3.98. The number of carbonyl (C=O) groups excluding carboxylic acids is 1. The molecule has 0 N–H and O–H groups in total. The van der Waals surface area contributed by atoms with Crippen LogP contribution in [0.2, 0.25) is 0 Å². The molecule has 0 aliphatic carbocycles. The number of rotatable bonds is 2. The van der Waals surface area contributed by atoms with E-state index in [9.17, 15) is 9.18 Å². The van der Waals surface area contributed by atoms with Gasteiger partial charge in [-0.1, -0.05) is 12.1 Å². The van der Waals surface area contributed by atoms with Gasteiger partial charge in [-0.25, -0.2) is 4.39 Å². The predicted molar refractivity (Wildman–Crippen MR) is 79.6 cm³/mol. The molecule has 0 aromatic heterocycles. The Kier molecular flexibility index (Phi) is 3.92. The van der Waals surface area contributed by atoms with Crippen LogP contribution in [-0.4, -0.2) is 19.0 Å². The molecule has 0 fully saturated rings. The van der Waals surface area contributed by atoms with E-state index in [0.717, 1.165) is 6.42 Å². The first-order valence-corrected chi connectivity index (χ1v) is 7.34. The molecule has 0 saturated carbocycles. The first-order valence-electron chi connectivity index (χ1n) is 6.55. The van der Waals surface area contributed by atoms with Crippen LogP contribution >= 0.6 is 15.9 Å². The summed E-state index contributed by atoms with van der Waals surface area (Å²) in [5, 5.41) is 0. The van der Waals surface area contributed by atoms with Gasteiger partial charge in [0.2, 0.25) is 0 Å². The van der Waals surface area contributed by atoms with Crippen LogP contribution in [0, 0.1) is 5.82 Å². The lowest BCUT2D eigenvalue weighted by Crippen LogP contribution is -2.06. The molecule has 0 amide bonds. The smallest absolute Gasteiger partial charge is 0.197 e. The summed E-state index contributed by atoms with van der Waals surface area (Å²) in [6, 6.07) is 9.20. The molecule has 0 radical (unpaired) electrons. The Morgan fingerprint density at radius 3 is 2.43 bits per heavy atom.